The van der Waals surface area contributed by atoms with Crippen LogP contribution in [0.1, 0.15) is 56.0 Å². The summed E-state index contributed by atoms with van der Waals surface area (Å²) in [6, 6.07) is 5.41. The number of amides is 3. The van der Waals surface area contributed by atoms with Gasteiger partial charge in [-0.2, -0.15) is 18.3 Å². The average Bonchev–Trinajstić information content (AvgIpc) is 3.57. The summed E-state index contributed by atoms with van der Waals surface area (Å²) in [5, 5.41) is 8.86. The highest BCUT2D eigenvalue weighted by molar-refractivity contribution is 5.77. The molecule has 1 aliphatic heterocycles. The Labute approximate surface area is 244 Å². The van der Waals surface area contributed by atoms with Crippen LogP contribution >= 0.6 is 0 Å². The second-order valence-electron chi connectivity index (χ2n) is 10.7. The van der Waals surface area contributed by atoms with E-state index in [-0.39, 0.29) is 62.0 Å². The normalized spacial score (nSPS) is 20.9. The number of methoxy groups -OCH3 is 1. The molecule has 232 valence electrons. The molecule has 3 aromatic rings. The molecule has 1 saturated heterocycles. The highest BCUT2D eigenvalue weighted by atomic mass is 19.4. The van der Waals surface area contributed by atoms with E-state index in [4.69, 9.17) is 10.8 Å². The van der Waals surface area contributed by atoms with Crippen LogP contribution in [-0.4, -0.2) is 70.0 Å². The van der Waals surface area contributed by atoms with Gasteiger partial charge in [-0.05, 0) is 30.4 Å². The Morgan fingerprint density at radius 1 is 1.26 bits per heavy atom. The standard InChI is InChI=1S/C28H31F5N6O4/c1-42-16-21(38-14-22(28(31,32)33)36-25(38)40)19-11-23-35-20(13-39(23)34-12-19)24(18-7-9-27(29,30)10-8-18)37-26(41)43-15-17-5-3-2-4-6-17/h2-6,11-13,18,21-22,24H,7-10,14-16H2,1H3,(H,36,40)(H,37,41)/t21-,22+,24+/m1/s1/i12D. The molecule has 0 unspecified atom stereocenters. The minimum Gasteiger partial charge on any atom is -0.445 e. The number of hydrogen-bond donors (Lipinski definition) is 2. The van der Waals surface area contributed by atoms with E-state index in [9.17, 15) is 31.5 Å². The number of halogens is 5. The van der Waals surface area contributed by atoms with Gasteiger partial charge in [0.25, 0.3) is 0 Å². The van der Waals surface area contributed by atoms with Gasteiger partial charge in [0.1, 0.15) is 12.6 Å². The van der Waals surface area contributed by atoms with Crippen LogP contribution in [0.15, 0.2) is 48.8 Å². The lowest BCUT2D eigenvalue weighted by molar-refractivity contribution is -0.150. The number of nitrogens with one attached hydrogen (secondary N) is 2. The second kappa shape index (κ2) is 12.3. The summed E-state index contributed by atoms with van der Waals surface area (Å²) in [6.07, 6.45) is -4.84. The number of carbonyl (C=O) groups excluding carboxylic acids is 2. The van der Waals surface area contributed by atoms with Crippen molar-refractivity contribution >= 4 is 17.8 Å². The average molecular weight is 612 g/mol. The van der Waals surface area contributed by atoms with E-state index >= 15 is 0 Å². The second-order valence-corrected chi connectivity index (χ2v) is 10.7. The molecule has 1 saturated carbocycles. The Hall–Kier alpha value is -4.01. The summed E-state index contributed by atoms with van der Waals surface area (Å²) in [5.74, 6) is -3.22. The number of rotatable bonds is 9. The van der Waals surface area contributed by atoms with Gasteiger partial charge in [0, 0.05) is 25.5 Å². The molecular formula is C28H31F5N6O4. The molecule has 0 bridgehead atoms. The molecular weight excluding hydrogens is 579 g/mol. The van der Waals surface area contributed by atoms with Crippen molar-refractivity contribution < 1.29 is 42.4 Å². The Bertz CT molecular complexity index is 1480. The van der Waals surface area contributed by atoms with Crippen LogP contribution in [0.25, 0.3) is 5.65 Å². The molecule has 2 aliphatic rings. The van der Waals surface area contributed by atoms with E-state index in [1.54, 1.807) is 24.3 Å². The molecule has 2 fully saturated rings. The molecule has 3 atom stereocenters. The number of aromatic nitrogens is 3. The zero-order valence-corrected chi connectivity index (χ0v) is 23.1. The third-order valence-electron chi connectivity index (χ3n) is 7.74. The van der Waals surface area contributed by atoms with Crippen molar-refractivity contribution in [1.82, 2.24) is 30.1 Å². The third kappa shape index (κ3) is 7.14. The Morgan fingerprint density at radius 2 is 1.98 bits per heavy atom. The lowest BCUT2D eigenvalue weighted by atomic mass is 9.81. The van der Waals surface area contributed by atoms with Crippen molar-refractivity contribution in [3.8, 4) is 0 Å². The lowest BCUT2D eigenvalue weighted by Crippen LogP contribution is -2.40. The molecule has 10 nitrogen and oxygen atoms in total. The summed E-state index contributed by atoms with van der Waals surface area (Å²) >= 11 is 0. The van der Waals surface area contributed by atoms with Gasteiger partial charge in [-0.15, -0.1) is 0 Å². The molecule has 2 aromatic heterocycles. The van der Waals surface area contributed by atoms with Crippen LogP contribution in [0.2, 0.25) is 0 Å². The fourth-order valence-corrected chi connectivity index (χ4v) is 5.42. The van der Waals surface area contributed by atoms with E-state index in [0.717, 1.165) is 10.5 Å². The van der Waals surface area contributed by atoms with Gasteiger partial charge in [-0.3, -0.25) is 0 Å². The van der Waals surface area contributed by atoms with Crippen molar-refractivity contribution in [2.75, 3.05) is 20.3 Å². The predicted molar refractivity (Wildman–Crippen MR) is 142 cm³/mol. The molecule has 0 radical (unpaired) electrons. The highest BCUT2D eigenvalue weighted by Crippen LogP contribution is 2.41. The fraction of sp³-hybridized carbons (Fsp3) is 0.500. The maximum atomic E-state index is 14.0. The van der Waals surface area contributed by atoms with Crippen molar-refractivity contribution in [2.24, 2.45) is 5.92 Å². The topological polar surface area (TPSA) is 110 Å². The van der Waals surface area contributed by atoms with E-state index in [1.165, 1.54) is 23.9 Å². The largest absolute Gasteiger partial charge is 0.445 e. The first-order valence-corrected chi connectivity index (χ1v) is 13.7. The quantitative estimate of drug-likeness (QED) is 0.324. The summed E-state index contributed by atoms with van der Waals surface area (Å²) in [4.78, 5) is 30.8. The Morgan fingerprint density at radius 3 is 2.63 bits per heavy atom. The van der Waals surface area contributed by atoms with Crippen molar-refractivity contribution in [1.29, 1.82) is 0 Å². The Balaban J connectivity index is 1.42. The molecule has 3 amide bonds. The summed E-state index contributed by atoms with van der Waals surface area (Å²) in [7, 11) is 1.31. The molecule has 0 spiro atoms. The number of hydrogen-bond acceptors (Lipinski definition) is 6. The number of alkyl halides is 5. The minimum absolute atomic E-state index is 0.0133. The first kappa shape index (κ1) is 29.1. The monoisotopic (exact) mass is 611 g/mol. The number of carbonyl (C=O) groups is 2. The molecule has 15 heteroatoms. The molecule has 1 aliphatic carbocycles. The third-order valence-corrected chi connectivity index (χ3v) is 7.74. The van der Waals surface area contributed by atoms with Gasteiger partial charge in [0.15, 0.2) is 5.65 Å². The van der Waals surface area contributed by atoms with Gasteiger partial charge < -0.3 is 25.0 Å². The van der Waals surface area contributed by atoms with Crippen molar-refractivity contribution in [3.05, 3.63) is 65.6 Å². The lowest BCUT2D eigenvalue weighted by Gasteiger charge is -2.33. The summed E-state index contributed by atoms with van der Waals surface area (Å²) < 4.78 is 88.3. The summed E-state index contributed by atoms with van der Waals surface area (Å²) in [6.45, 7) is -0.923. The van der Waals surface area contributed by atoms with Crippen LogP contribution < -0.4 is 10.6 Å². The van der Waals surface area contributed by atoms with Gasteiger partial charge in [-0.1, -0.05) is 30.3 Å². The fourth-order valence-electron chi connectivity index (χ4n) is 5.42. The SMILES string of the molecule is [2H]c1nn2cc([C@@H](NC(=O)OCc3ccccc3)C3CCC(F)(F)CC3)nc2cc1[C@@H](COC)N1C[C@@H](C(F)(F)F)NC1=O. The number of benzene rings is 1. The minimum atomic E-state index is -4.67. The van der Waals surface area contributed by atoms with Crippen LogP contribution in [0.5, 0.6) is 0 Å². The van der Waals surface area contributed by atoms with E-state index in [2.05, 4.69) is 15.4 Å². The molecule has 1 aromatic carbocycles. The van der Waals surface area contributed by atoms with Crippen LogP contribution in [-0.2, 0) is 16.1 Å². The summed E-state index contributed by atoms with van der Waals surface area (Å²) in [5.41, 5.74) is 1.30. The van der Waals surface area contributed by atoms with Crippen LogP contribution in [0.4, 0.5) is 31.5 Å². The Kier molecular flexibility index (Phi) is 8.32. The maximum Gasteiger partial charge on any atom is 0.410 e. The van der Waals surface area contributed by atoms with E-state index < -0.39 is 54.8 Å². The van der Waals surface area contributed by atoms with E-state index in [1.807, 2.05) is 11.4 Å². The smallest absolute Gasteiger partial charge is 0.410 e. The predicted octanol–water partition coefficient (Wildman–Crippen LogP) is 5.17. The first-order chi connectivity index (χ1) is 20.8. The van der Waals surface area contributed by atoms with Crippen molar-refractivity contribution in [2.45, 2.75) is 62.5 Å². The van der Waals surface area contributed by atoms with E-state index in [0.29, 0.717) is 0 Å². The molecule has 2 N–H and O–H groups in total. The zero-order valence-electron chi connectivity index (χ0n) is 24.1. The first-order valence-electron chi connectivity index (χ1n) is 14.2. The van der Waals surface area contributed by atoms with Gasteiger partial charge in [-0.25, -0.2) is 27.9 Å². The van der Waals surface area contributed by atoms with Gasteiger partial charge in [0.2, 0.25) is 5.92 Å². The number of nitrogens with zero attached hydrogens (tertiary/aromatic N) is 4. The van der Waals surface area contributed by atoms with Crippen LogP contribution in [0.3, 0.4) is 0 Å². The number of urea groups is 1. The number of ether oxygens (including phenoxy) is 2. The zero-order chi connectivity index (χ0) is 31.6. The number of imidazole rings is 1. The number of alkyl carbamates (subject to hydrolysis) is 1. The molecule has 3 heterocycles. The van der Waals surface area contributed by atoms with Crippen molar-refractivity contribution in [3.63, 3.8) is 0 Å². The van der Waals surface area contributed by atoms with Crippen LogP contribution in [0, 0.1) is 5.92 Å². The van der Waals surface area contributed by atoms with Gasteiger partial charge >= 0.3 is 18.3 Å². The molecule has 5 rings (SSSR count). The highest BCUT2D eigenvalue weighted by Gasteiger charge is 2.48. The molecule has 43 heavy (non-hydrogen) atoms. The van der Waals surface area contributed by atoms with Gasteiger partial charge in [0.05, 0.1) is 44.7 Å². The maximum absolute atomic E-state index is 14.0. The number of fused-ring (bicyclic) bond motifs is 1.